The van der Waals surface area contributed by atoms with Crippen molar-refractivity contribution in [1.29, 1.82) is 0 Å². The van der Waals surface area contributed by atoms with E-state index in [1.54, 1.807) is 7.11 Å². The minimum atomic E-state index is -0.184. The van der Waals surface area contributed by atoms with Crippen molar-refractivity contribution < 1.29 is 9.47 Å². The van der Waals surface area contributed by atoms with E-state index in [-0.39, 0.29) is 17.9 Å². The second-order valence-corrected chi connectivity index (χ2v) is 5.52. The number of methoxy groups -OCH3 is 1. The van der Waals surface area contributed by atoms with Crippen LogP contribution < -0.4 is 15.2 Å². The van der Waals surface area contributed by atoms with E-state index in [1.807, 2.05) is 26.0 Å². The van der Waals surface area contributed by atoms with Crippen LogP contribution in [0.4, 0.5) is 0 Å². The lowest BCUT2D eigenvalue weighted by Crippen LogP contribution is -2.45. The lowest BCUT2D eigenvalue weighted by molar-refractivity contribution is 0.195. The topological polar surface area (TPSA) is 47.7 Å². The van der Waals surface area contributed by atoms with Gasteiger partial charge in [-0.2, -0.15) is 0 Å². The van der Waals surface area contributed by atoms with Crippen LogP contribution in [-0.4, -0.2) is 37.2 Å². The molecule has 1 heterocycles. The van der Waals surface area contributed by atoms with Gasteiger partial charge in [0.1, 0.15) is 18.1 Å². The predicted octanol–water partition coefficient (Wildman–Crippen LogP) is 2.05. The second kappa shape index (κ2) is 6.46. The van der Waals surface area contributed by atoms with Gasteiger partial charge in [0.15, 0.2) is 0 Å². The average molecular weight is 287 g/mol. The Morgan fingerprint density at radius 2 is 2.16 bits per heavy atom. The van der Waals surface area contributed by atoms with Gasteiger partial charge in [-0.1, -0.05) is 6.07 Å². The highest BCUT2D eigenvalue weighted by molar-refractivity contribution is 5.85. The Kier molecular flexibility index (Phi) is 5.47. The maximum atomic E-state index is 6.08. The van der Waals surface area contributed by atoms with Crippen molar-refractivity contribution in [3.63, 3.8) is 0 Å². The van der Waals surface area contributed by atoms with Gasteiger partial charge in [-0.25, -0.2) is 0 Å². The minimum absolute atomic E-state index is 0. The molecule has 0 amide bonds. The molecule has 19 heavy (non-hydrogen) atoms. The van der Waals surface area contributed by atoms with Crippen LogP contribution in [-0.2, 0) is 6.54 Å². The van der Waals surface area contributed by atoms with Crippen LogP contribution in [0.15, 0.2) is 18.2 Å². The summed E-state index contributed by atoms with van der Waals surface area (Å²) in [5.74, 6) is 1.76. The van der Waals surface area contributed by atoms with E-state index in [1.165, 1.54) is 5.56 Å². The molecule has 2 rings (SSSR count). The molecule has 0 aliphatic carbocycles. The lowest BCUT2D eigenvalue weighted by Gasteiger charge is -2.28. The smallest absolute Gasteiger partial charge is 0.127 e. The monoisotopic (exact) mass is 286 g/mol. The zero-order chi connectivity index (χ0) is 13.2. The molecule has 1 aliphatic rings. The molecule has 2 N–H and O–H groups in total. The quantitative estimate of drug-likeness (QED) is 0.924. The number of fused-ring (bicyclic) bond motifs is 1. The summed E-state index contributed by atoms with van der Waals surface area (Å²) in [6.07, 6.45) is 0. The number of nitrogens with zero attached hydrogens (tertiary/aromatic N) is 1. The highest BCUT2D eigenvalue weighted by Gasteiger charge is 2.21. The van der Waals surface area contributed by atoms with Crippen LogP contribution in [0.25, 0.3) is 0 Å². The van der Waals surface area contributed by atoms with Gasteiger partial charge in [0.25, 0.3) is 0 Å². The van der Waals surface area contributed by atoms with Crippen LogP contribution in [0.3, 0.4) is 0 Å². The molecule has 0 aromatic heterocycles. The minimum Gasteiger partial charge on any atom is -0.497 e. The predicted molar refractivity (Wildman–Crippen MR) is 79.3 cm³/mol. The molecule has 0 saturated heterocycles. The molecule has 1 aromatic rings. The SMILES string of the molecule is COc1ccc2c(c1)OCCN(CC(C)(C)N)C2.Cl. The second-order valence-electron chi connectivity index (χ2n) is 5.52. The summed E-state index contributed by atoms with van der Waals surface area (Å²) in [7, 11) is 1.67. The molecular formula is C14H23ClN2O2. The number of rotatable bonds is 3. The van der Waals surface area contributed by atoms with Crippen molar-refractivity contribution in [2.24, 2.45) is 5.73 Å². The van der Waals surface area contributed by atoms with Crippen LogP contribution in [0.5, 0.6) is 11.5 Å². The Morgan fingerprint density at radius 3 is 2.79 bits per heavy atom. The average Bonchev–Trinajstić information content (AvgIpc) is 2.47. The summed E-state index contributed by atoms with van der Waals surface area (Å²) < 4.78 is 11.0. The number of ether oxygens (including phenoxy) is 2. The van der Waals surface area contributed by atoms with E-state index in [2.05, 4.69) is 11.0 Å². The Hall–Kier alpha value is -0.970. The molecule has 0 saturated carbocycles. The first-order valence-electron chi connectivity index (χ1n) is 6.29. The third kappa shape index (κ3) is 4.56. The van der Waals surface area contributed by atoms with Crippen molar-refractivity contribution in [2.75, 3.05) is 26.8 Å². The molecule has 1 aromatic carbocycles. The molecule has 0 spiro atoms. The molecule has 0 atom stereocenters. The lowest BCUT2D eigenvalue weighted by atomic mass is 10.1. The zero-order valence-corrected chi connectivity index (χ0v) is 12.6. The summed E-state index contributed by atoms with van der Waals surface area (Å²) in [6, 6.07) is 5.99. The highest BCUT2D eigenvalue weighted by Crippen LogP contribution is 2.28. The maximum Gasteiger partial charge on any atom is 0.127 e. The van der Waals surface area contributed by atoms with Gasteiger partial charge in [-0.15, -0.1) is 12.4 Å². The molecule has 0 bridgehead atoms. The van der Waals surface area contributed by atoms with E-state index in [4.69, 9.17) is 15.2 Å². The molecular weight excluding hydrogens is 264 g/mol. The molecule has 108 valence electrons. The first-order chi connectivity index (χ1) is 8.48. The summed E-state index contributed by atoms with van der Waals surface area (Å²) in [4.78, 5) is 2.33. The van der Waals surface area contributed by atoms with E-state index >= 15 is 0 Å². The van der Waals surface area contributed by atoms with E-state index in [9.17, 15) is 0 Å². The maximum absolute atomic E-state index is 6.08. The van der Waals surface area contributed by atoms with Gasteiger partial charge in [-0.05, 0) is 19.9 Å². The molecule has 4 nitrogen and oxygen atoms in total. The highest BCUT2D eigenvalue weighted by atomic mass is 35.5. The van der Waals surface area contributed by atoms with Crippen LogP contribution in [0.1, 0.15) is 19.4 Å². The Labute approximate surface area is 121 Å². The molecule has 5 heteroatoms. The van der Waals surface area contributed by atoms with Crippen molar-refractivity contribution in [1.82, 2.24) is 4.90 Å². The van der Waals surface area contributed by atoms with Crippen molar-refractivity contribution >= 4 is 12.4 Å². The van der Waals surface area contributed by atoms with Gasteiger partial charge in [-0.3, -0.25) is 4.90 Å². The third-order valence-electron chi connectivity index (χ3n) is 2.96. The summed E-state index contributed by atoms with van der Waals surface area (Å²) in [5, 5.41) is 0. The zero-order valence-electron chi connectivity index (χ0n) is 11.8. The van der Waals surface area contributed by atoms with Gasteiger partial charge in [0, 0.05) is 36.8 Å². The Balaban J connectivity index is 0.00000180. The van der Waals surface area contributed by atoms with Gasteiger partial charge in [0.2, 0.25) is 0 Å². The van der Waals surface area contributed by atoms with Gasteiger partial charge in [0.05, 0.1) is 7.11 Å². The molecule has 0 fully saturated rings. The fourth-order valence-electron chi connectivity index (χ4n) is 2.24. The van der Waals surface area contributed by atoms with Crippen LogP contribution >= 0.6 is 12.4 Å². The van der Waals surface area contributed by atoms with Crippen molar-refractivity contribution in [3.8, 4) is 11.5 Å². The number of benzene rings is 1. The Bertz CT molecular complexity index is 418. The van der Waals surface area contributed by atoms with Crippen LogP contribution in [0.2, 0.25) is 0 Å². The van der Waals surface area contributed by atoms with E-state index < -0.39 is 0 Å². The number of hydrogen-bond donors (Lipinski definition) is 1. The fraction of sp³-hybridized carbons (Fsp3) is 0.571. The third-order valence-corrected chi connectivity index (χ3v) is 2.96. The normalized spacial score (nSPS) is 15.8. The standard InChI is InChI=1S/C14H22N2O2.ClH/c1-14(2,15)10-16-6-7-18-13-8-12(17-3)5-4-11(13)9-16;/h4-5,8H,6-7,9-10,15H2,1-3H3;1H. The fourth-order valence-corrected chi connectivity index (χ4v) is 2.24. The largest absolute Gasteiger partial charge is 0.497 e. The van der Waals surface area contributed by atoms with Crippen molar-refractivity contribution in [3.05, 3.63) is 23.8 Å². The van der Waals surface area contributed by atoms with E-state index in [0.717, 1.165) is 31.1 Å². The number of halogens is 1. The number of nitrogens with two attached hydrogens (primary N) is 1. The Morgan fingerprint density at radius 1 is 1.42 bits per heavy atom. The number of hydrogen-bond acceptors (Lipinski definition) is 4. The first kappa shape index (κ1) is 16.1. The summed E-state index contributed by atoms with van der Waals surface area (Å²) >= 11 is 0. The molecule has 1 aliphatic heterocycles. The molecule has 0 unspecified atom stereocenters. The first-order valence-corrected chi connectivity index (χ1v) is 6.29. The van der Waals surface area contributed by atoms with Gasteiger partial charge < -0.3 is 15.2 Å². The van der Waals surface area contributed by atoms with Crippen molar-refractivity contribution in [2.45, 2.75) is 25.9 Å². The van der Waals surface area contributed by atoms with Crippen LogP contribution in [0, 0.1) is 0 Å². The van der Waals surface area contributed by atoms with Gasteiger partial charge >= 0.3 is 0 Å². The summed E-state index contributed by atoms with van der Waals surface area (Å²) in [5.41, 5.74) is 7.09. The molecule has 0 radical (unpaired) electrons. The summed E-state index contributed by atoms with van der Waals surface area (Å²) in [6.45, 7) is 7.43. The van der Waals surface area contributed by atoms with E-state index in [0.29, 0.717) is 6.61 Å².